The van der Waals surface area contributed by atoms with Crippen LogP contribution >= 0.6 is 11.6 Å². The summed E-state index contributed by atoms with van der Waals surface area (Å²) in [5.41, 5.74) is 0. The fraction of sp³-hybridized carbons (Fsp3) is 0.750. The monoisotopic (exact) mass is 119 g/mol. The van der Waals surface area contributed by atoms with Gasteiger partial charge in [0.15, 0.2) is 5.78 Å². The molecule has 0 N–H and O–H groups in total. The van der Waals surface area contributed by atoms with Gasteiger partial charge >= 0.3 is 0 Å². The van der Waals surface area contributed by atoms with Crippen molar-refractivity contribution in [2.24, 2.45) is 0 Å². The smallest absolute Gasteiger partial charge is 0.160 e. The first-order valence-electron chi connectivity index (χ1n) is 2.13. The molecule has 7 heavy (non-hydrogen) atoms. The second-order valence-corrected chi connectivity index (χ2v) is 1.88. The van der Waals surface area contributed by atoms with Crippen LogP contribution in [0.1, 0.15) is 0 Å². The lowest BCUT2D eigenvalue weighted by Crippen LogP contribution is -2.46. The Bertz CT molecular complexity index is 85.7. The van der Waals surface area contributed by atoms with E-state index < -0.39 is 0 Å². The molecule has 0 spiro atoms. The molecule has 1 fully saturated rings. The van der Waals surface area contributed by atoms with Crippen LogP contribution in [0.25, 0.3) is 0 Å². The first kappa shape index (κ1) is 5.06. The molecule has 1 rings (SSSR count). The van der Waals surface area contributed by atoms with E-state index in [1.807, 2.05) is 4.90 Å². The zero-order chi connectivity index (χ0) is 5.28. The highest BCUT2D eigenvalue weighted by Gasteiger charge is 2.21. The van der Waals surface area contributed by atoms with Crippen molar-refractivity contribution in [3.05, 3.63) is 0 Å². The van der Waals surface area contributed by atoms with Crippen molar-refractivity contribution in [1.29, 1.82) is 0 Å². The first-order valence-corrected chi connectivity index (χ1v) is 2.66. The molecule has 0 amide bonds. The van der Waals surface area contributed by atoms with Gasteiger partial charge in [0, 0.05) is 0 Å². The topological polar surface area (TPSA) is 20.3 Å². The summed E-state index contributed by atoms with van der Waals surface area (Å²) in [7, 11) is 0. The molecule has 0 aliphatic carbocycles. The van der Waals surface area contributed by atoms with Crippen molar-refractivity contribution in [1.82, 2.24) is 4.90 Å². The molecule has 0 atom stereocenters. The number of likely N-dealkylation sites (tertiary alicyclic amines) is 1. The first-order chi connectivity index (χ1) is 3.33. The van der Waals surface area contributed by atoms with E-state index in [1.54, 1.807) is 0 Å². The van der Waals surface area contributed by atoms with E-state index in [-0.39, 0.29) is 0 Å². The number of hydrogen-bond acceptors (Lipinski definition) is 2. The van der Waals surface area contributed by atoms with Crippen LogP contribution in [0, 0.1) is 0 Å². The lowest BCUT2D eigenvalue weighted by Gasteiger charge is -2.25. The Kier molecular flexibility index (Phi) is 1.30. The third kappa shape index (κ3) is 0.924. The fourth-order valence-electron chi connectivity index (χ4n) is 0.537. The van der Waals surface area contributed by atoms with Gasteiger partial charge in [0.1, 0.15) is 0 Å². The van der Waals surface area contributed by atoms with Gasteiger partial charge in [-0.1, -0.05) is 0 Å². The molecule has 1 aliphatic heterocycles. The number of carbonyl (C=O) groups excluding carboxylic acids is 1. The van der Waals surface area contributed by atoms with E-state index in [4.69, 9.17) is 11.6 Å². The highest BCUT2D eigenvalue weighted by molar-refractivity contribution is 6.18. The molecule has 0 bridgehead atoms. The normalized spacial score (nSPS) is 22.1. The van der Waals surface area contributed by atoms with Crippen LogP contribution < -0.4 is 0 Å². The summed E-state index contributed by atoms with van der Waals surface area (Å²) in [6, 6.07) is 0.492. The molecule has 0 radical (unpaired) electrons. The van der Waals surface area contributed by atoms with Gasteiger partial charge < -0.3 is 0 Å². The van der Waals surface area contributed by atoms with Crippen molar-refractivity contribution in [3.63, 3.8) is 0 Å². The lowest BCUT2D eigenvalue weighted by atomic mass is 10.2. The predicted octanol–water partition coefficient (Wildman–Crippen LogP) is 0.0674. The van der Waals surface area contributed by atoms with Gasteiger partial charge in [-0.05, 0) is 0 Å². The molecule has 0 aromatic heterocycles. The number of alkyl halides is 1. The number of Topliss-reactive ketones (excluding diaryl/α,β-unsaturated/α-hetero) is 1. The molecule has 40 valence electrons. The van der Waals surface area contributed by atoms with Crippen molar-refractivity contribution in [2.75, 3.05) is 19.1 Å². The van der Waals surface area contributed by atoms with Crippen LogP contribution in [0.2, 0.25) is 0 Å². The summed E-state index contributed by atoms with van der Waals surface area (Å²) in [4.78, 5) is 12.0. The van der Waals surface area contributed by atoms with E-state index in [2.05, 4.69) is 0 Å². The molecule has 0 saturated carbocycles. The molecule has 0 aromatic rings. The predicted molar refractivity (Wildman–Crippen MR) is 27.3 cm³/mol. The van der Waals surface area contributed by atoms with Crippen LogP contribution in [0.3, 0.4) is 0 Å². The Morgan fingerprint density at radius 1 is 1.71 bits per heavy atom. The van der Waals surface area contributed by atoms with Gasteiger partial charge in [-0.2, -0.15) is 0 Å². The van der Waals surface area contributed by atoms with Gasteiger partial charge in [0.2, 0.25) is 0 Å². The summed E-state index contributed by atoms with van der Waals surface area (Å²) in [5, 5.41) is 0. The molecule has 0 aromatic carbocycles. The molecule has 3 heteroatoms. The van der Waals surface area contributed by atoms with Crippen LogP contribution in [0.4, 0.5) is 0 Å². The summed E-state index contributed by atoms with van der Waals surface area (Å²) in [6.45, 7) is 1.12. The maximum absolute atomic E-state index is 10.2. The summed E-state index contributed by atoms with van der Waals surface area (Å²) < 4.78 is 0. The minimum absolute atomic E-state index is 0.292. The van der Waals surface area contributed by atoms with Gasteiger partial charge in [-0.3, -0.25) is 9.69 Å². The number of carbonyl (C=O) groups is 1. The molecular formula is C4H6ClNO. The van der Waals surface area contributed by atoms with Crippen molar-refractivity contribution >= 4 is 17.4 Å². The Balaban J connectivity index is 2.17. The average Bonchev–Trinajstić information content (AvgIpc) is 1.58. The quantitative estimate of drug-likeness (QED) is 0.360. The second kappa shape index (κ2) is 1.80. The minimum atomic E-state index is 0.292. The minimum Gasteiger partial charge on any atom is -0.297 e. The standard InChI is InChI=1S/C4H6ClNO/c5-3-6-1-4(7)2-6/h1-3H2. The summed E-state index contributed by atoms with van der Waals surface area (Å²) in [6.07, 6.45) is 0. The number of nitrogens with zero attached hydrogens (tertiary/aromatic N) is 1. The van der Waals surface area contributed by atoms with Gasteiger partial charge in [-0.25, -0.2) is 0 Å². The molecular weight excluding hydrogens is 114 g/mol. The highest BCUT2D eigenvalue weighted by atomic mass is 35.5. The van der Waals surface area contributed by atoms with Crippen molar-refractivity contribution in [2.45, 2.75) is 0 Å². The van der Waals surface area contributed by atoms with Crippen LogP contribution in [-0.4, -0.2) is 29.8 Å². The van der Waals surface area contributed by atoms with Gasteiger partial charge in [0.25, 0.3) is 0 Å². The molecule has 1 aliphatic rings. The van der Waals surface area contributed by atoms with Gasteiger partial charge in [-0.15, -0.1) is 11.6 Å². The Morgan fingerprint density at radius 3 is 2.43 bits per heavy atom. The molecule has 2 nitrogen and oxygen atoms in total. The van der Waals surface area contributed by atoms with E-state index in [9.17, 15) is 4.79 Å². The molecule has 1 saturated heterocycles. The molecule has 1 heterocycles. The third-order valence-electron chi connectivity index (χ3n) is 0.969. The van der Waals surface area contributed by atoms with Crippen LogP contribution in [0.5, 0.6) is 0 Å². The van der Waals surface area contributed by atoms with E-state index >= 15 is 0 Å². The highest BCUT2D eigenvalue weighted by Crippen LogP contribution is 2.00. The maximum Gasteiger partial charge on any atom is 0.160 e. The van der Waals surface area contributed by atoms with E-state index in [1.165, 1.54) is 0 Å². The van der Waals surface area contributed by atoms with Crippen molar-refractivity contribution in [3.8, 4) is 0 Å². The summed E-state index contributed by atoms with van der Waals surface area (Å²) >= 11 is 5.34. The van der Waals surface area contributed by atoms with Crippen molar-refractivity contribution < 1.29 is 4.79 Å². The van der Waals surface area contributed by atoms with Crippen LogP contribution in [-0.2, 0) is 4.79 Å². The van der Waals surface area contributed by atoms with E-state index in [0.717, 1.165) is 0 Å². The maximum atomic E-state index is 10.2. The van der Waals surface area contributed by atoms with Gasteiger partial charge in [0.05, 0.1) is 19.1 Å². The third-order valence-corrected chi connectivity index (χ3v) is 1.31. The molecule has 0 unspecified atom stereocenters. The number of hydrogen-bond donors (Lipinski definition) is 0. The SMILES string of the molecule is O=C1CN(CCl)C1. The average molecular weight is 120 g/mol. The number of rotatable bonds is 1. The zero-order valence-electron chi connectivity index (χ0n) is 3.85. The summed E-state index contributed by atoms with van der Waals surface area (Å²) in [5.74, 6) is 0.292. The van der Waals surface area contributed by atoms with E-state index in [0.29, 0.717) is 24.9 Å². The largest absolute Gasteiger partial charge is 0.297 e. The number of ketones is 1. The fourth-order valence-corrected chi connectivity index (χ4v) is 0.706. The van der Waals surface area contributed by atoms with Crippen LogP contribution in [0.15, 0.2) is 0 Å². The number of halogens is 1. The Morgan fingerprint density at radius 2 is 2.29 bits per heavy atom. The lowest BCUT2D eigenvalue weighted by molar-refractivity contribution is -0.128. The Hall–Kier alpha value is -0.0800. The zero-order valence-corrected chi connectivity index (χ0v) is 4.61. The second-order valence-electron chi connectivity index (χ2n) is 1.65. The Labute approximate surface area is 47.1 Å².